The van der Waals surface area contributed by atoms with Gasteiger partial charge in [0.25, 0.3) is 0 Å². The number of nitrogens with one attached hydrogen (secondary N) is 2. The molecule has 0 bridgehead atoms. The molecule has 1 aliphatic rings. The number of pyridine rings is 1. The number of H-pyrrole nitrogens is 1. The van der Waals surface area contributed by atoms with Crippen molar-refractivity contribution in [2.75, 3.05) is 31.2 Å². The number of hydrogen-bond acceptors (Lipinski definition) is 4. The predicted octanol–water partition coefficient (Wildman–Crippen LogP) is 2.30. The number of hydrogen-bond donors (Lipinski definition) is 2. The van der Waals surface area contributed by atoms with E-state index in [1.807, 2.05) is 6.07 Å². The minimum Gasteiger partial charge on any atom is -0.370 e. The summed E-state index contributed by atoms with van der Waals surface area (Å²) in [5.41, 5.74) is 0.747. The molecule has 0 unspecified atom stereocenters. The van der Waals surface area contributed by atoms with E-state index in [0.29, 0.717) is 30.5 Å². The van der Waals surface area contributed by atoms with E-state index < -0.39 is 10.0 Å². The van der Waals surface area contributed by atoms with Gasteiger partial charge in [0, 0.05) is 31.2 Å². The van der Waals surface area contributed by atoms with Gasteiger partial charge in [0.05, 0.1) is 11.3 Å². The monoisotopic (exact) mass is 342 g/mol. The molecule has 120 valence electrons. The third-order valence-corrected chi connectivity index (χ3v) is 5.58. The maximum absolute atomic E-state index is 11.6. The molecule has 1 atom stereocenters. The van der Waals surface area contributed by atoms with Crippen LogP contribution in [0.25, 0.3) is 11.0 Å². The molecule has 6 nitrogen and oxygen atoms in total. The van der Waals surface area contributed by atoms with E-state index >= 15 is 0 Å². The summed E-state index contributed by atoms with van der Waals surface area (Å²) in [4.78, 5) is 7.51. The highest BCUT2D eigenvalue weighted by molar-refractivity contribution is 7.88. The van der Waals surface area contributed by atoms with Crippen molar-refractivity contribution in [1.29, 1.82) is 0 Å². The average Bonchev–Trinajstić information content (AvgIpc) is 2.93. The van der Waals surface area contributed by atoms with Crippen LogP contribution in [-0.4, -0.2) is 48.6 Å². The smallest absolute Gasteiger partial charge is 0.211 e. The quantitative estimate of drug-likeness (QED) is 0.893. The number of piperidine rings is 1. The maximum atomic E-state index is 11.6. The fourth-order valence-electron chi connectivity index (χ4n) is 2.83. The van der Waals surface area contributed by atoms with Crippen LogP contribution in [0, 0.1) is 5.92 Å². The second kappa shape index (κ2) is 6.06. The lowest BCUT2D eigenvalue weighted by Gasteiger charge is -2.31. The molecule has 2 aromatic heterocycles. The molecule has 3 rings (SSSR count). The maximum Gasteiger partial charge on any atom is 0.211 e. The fourth-order valence-corrected chi connectivity index (χ4v) is 4.03. The van der Waals surface area contributed by atoms with Gasteiger partial charge in [-0.2, -0.15) is 0 Å². The van der Waals surface area contributed by atoms with Crippen molar-refractivity contribution < 1.29 is 8.42 Å². The van der Waals surface area contributed by atoms with Crippen molar-refractivity contribution in [3.63, 3.8) is 0 Å². The van der Waals surface area contributed by atoms with Crippen molar-refractivity contribution in [2.45, 2.75) is 12.8 Å². The predicted molar refractivity (Wildman–Crippen MR) is 88.7 cm³/mol. The number of fused-ring (bicyclic) bond motifs is 1. The molecule has 2 aromatic rings. The molecule has 22 heavy (non-hydrogen) atoms. The summed E-state index contributed by atoms with van der Waals surface area (Å²) in [6.45, 7) is 1.86. The Kier molecular flexibility index (Phi) is 4.29. The van der Waals surface area contributed by atoms with Crippen LogP contribution in [0.3, 0.4) is 0 Å². The summed E-state index contributed by atoms with van der Waals surface area (Å²) in [7, 11) is -3.11. The third kappa shape index (κ3) is 3.37. The lowest BCUT2D eigenvalue weighted by molar-refractivity contribution is 0.276. The zero-order valence-electron chi connectivity index (χ0n) is 12.3. The minimum absolute atomic E-state index is 0.281. The lowest BCUT2D eigenvalue weighted by atomic mass is 10.00. The van der Waals surface area contributed by atoms with Gasteiger partial charge in [-0.25, -0.2) is 17.7 Å². The van der Waals surface area contributed by atoms with E-state index in [4.69, 9.17) is 11.6 Å². The normalized spacial score (nSPS) is 20.4. The van der Waals surface area contributed by atoms with Gasteiger partial charge in [-0.15, -0.1) is 0 Å². The van der Waals surface area contributed by atoms with Crippen molar-refractivity contribution in [1.82, 2.24) is 14.3 Å². The summed E-state index contributed by atoms with van der Waals surface area (Å²) in [5.74, 6) is 0.986. The summed E-state index contributed by atoms with van der Waals surface area (Å²) in [5, 5.41) is 4.82. The Bertz CT molecular complexity index is 774. The van der Waals surface area contributed by atoms with Crippen molar-refractivity contribution in [3.05, 3.63) is 23.4 Å². The molecule has 2 N–H and O–H groups in total. The van der Waals surface area contributed by atoms with Gasteiger partial charge in [-0.05, 0) is 30.9 Å². The number of halogens is 1. The molecular weight excluding hydrogens is 324 g/mol. The summed E-state index contributed by atoms with van der Waals surface area (Å²) in [6.07, 6.45) is 4.97. The van der Waals surface area contributed by atoms with Crippen molar-refractivity contribution >= 4 is 38.5 Å². The molecule has 0 saturated carbocycles. The molecule has 0 aliphatic carbocycles. The van der Waals surface area contributed by atoms with Gasteiger partial charge < -0.3 is 10.3 Å². The molecule has 1 saturated heterocycles. The Morgan fingerprint density at radius 1 is 1.55 bits per heavy atom. The highest BCUT2D eigenvalue weighted by atomic mass is 35.5. The number of anilines is 1. The molecule has 1 aliphatic heterocycles. The number of rotatable bonds is 4. The van der Waals surface area contributed by atoms with Crippen molar-refractivity contribution in [3.8, 4) is 0 Å². The van der Waals surface area contributed by atoms with Crippen LogP contribution in [0.4, 0.5) is 5.82 Å². The summed E-state index contributed by atoms with van der Waals surface area (Å²) in [6, 6.07) is 3.69. The Morgan fingerprint density at radius 2 is 2.36 bits per heavy atom. The van der Waals surface area contributed by atoms with Crippen LogP contribution in [0.5, 0.6) is 0 Å². The van der Waals surface area contributed by atoms with E-state index in [9.17, 15) is 8.42 Å². The first-order valence-electron chi connectivity index (χ1n) is 7.26. The summed E-state index contributed by atoms with van der Waals surface area (Å²) >= 11 is 6.22. The number of nitrogens with zero attached hydrogens (tertiary/aromatic N) is 2. The van der Waals surface area contributed by atoms with Crippen LogP contribution in [0.2, 0.25) is 5.02 Å². The molecule has 0 radical (unpaired) electrons. The Labute approximate surface area is 134 Å². The topological polar surface area (TPSA) is 78.1 Å². The van der Waals surface area contributed by atoms with E-state index in [0.717, 1.165) is 23.9 Å². The third-order valence-electron chi connectivity index (χ3n) is 4.00. The second-order valence-corrected chi connectivity index (χ2v) is 8.13. The number of aromatic amines is 1. The van der Waals surface area contributed by atoms with Crippen LogP contribution in [-0.2, 0) is 10.0 Å². The molecular formula is C14H19ClN4O2S. The first kappa shape index (κ1) is 15.6. The first-order valence-corrected chi connectivity index (χ1v) is 9.49. The van der Waals surface area contributed by atoms with E-state index in [-0.39, 0.29) is 5.92 Å². The van der Waals surface area contributed by atoms with Crippen molar-refractivity contribution in [2.24, 2.45) is 5.92 Å². The molecule has 8 heteroatoms. The molecule has 1 fully saturated rings. The second-order valence-electron chi connectivity index (χ2n) is 5.74. The van der Waals surface area contributed by atoms with Crippen LogP contribution < -0.4 is 5.32 Å². The standard InChI is InChI=1S/C14H19ClN4O2S/c1-22(20,21)19-6-2-3-10(9-19)8-17-13-7-12(15)11-4-5-16-14(11)18-13/h4-5,7,10H,2-3,6,8-9H2,1H3,(H2,16,17,18)/t10-/m1/s1. The number of aromatic nitrogens is 2. The Hall–Kier alpha value is -1.31. The summed E-state index contributed by atoms with van der Waals surface area (Å²) < 4.78 is 24.8. The SMILES string of the molecule is CS(=O)(=O)N1CCC[C@H](CNc2cc(Cl)c3cc[nH]c3n2)C1. The van der Waals surface area contributed by atoms with Crippen LogP contribution in [0.15, 0.2) is 18.3 Å². The van der Waals surface area contributed by atoms with E-state index in [2.05, 4.69) is 15.3 Å². The zero-order valence-corrected chi connectivity index (χ0v) is 13.9. The number of sulfonamides is 1. The van der Waals surface area contributed by atoms with E-state index in [1.54, 1.807) is 16.6 Å². The highest BCUT2D eigenvalue weighted by Gasteiger charge is 2.25. The average molecular weight is 343 g/mol. The largest absolute Gasteiger partial charge is 0.370 e. The molecule has 0 aromatic carbocycles. The van der Waals surface area contributed by atoms with Crippen LogP contribution >= 0.6 is 11.6 Å². The highest BCUT2D eigenvalue weighted by Crippen LogP contribution is 2.25. The first-order chi connectivity index (χ1) is 10.4. The molecule has 0 spiro atoms. The van der Waals surface area contributed by atoms with Gasteiger partial charge >= 0.3 is 0 Å². The lowest BCUT2D eigenvalue weighted by Crippen LogP contribution is -2.41. The van der Waals surface area contributed by atoms with Gasteiger partial charge in [0.15, 0.2) is 0 Å². The molecule has 0 amide bonds. The van der Waals surface area contributed by atoms with Gasteiger partial charge in [-0.1, -0.05) is 11.6 Å². The Morgan fingerprint density at radius 3 is 3.14 bits per heavy atom. The Balaban J connectivity index is 1.66. The fraction of sp³-hybridized carbons (Fsp3) is 0.500. The van der Waals surface area contributed by atoms with Crippen LogP contribution in [0.1, 0.15) is 12.8 Å². The zero-order chi connectivity index (χ0) is 15.7. The minimum atomic E-state index is -3.11. The van der Waals surface area contributed by atoms with E-state index in [1.165, 1.54) is 6.26 Å². The molecule has 3 heterocycles. The van der Waals surface area contributed by atoms with Gasteiger partial charge in [0.1, 0.15) is 11.5 Å². The van der Waals surface area contributed by atoms with Gasteiger partial charge in [-0.3, -0.25) is 0 Å². The van der Waals surface area contributed by atoms with Gasteiger partial charge in [0.2, 0.25) is 10.0 Å².